The molecular formula is C12H10F3NOS. The highest BCUT2D eigenvalue weighted by Gasteiger charge is 2.30. The van der Waals surface area contributed by atoms with Crippen molar-refractivity contribution in [1.82, 2.24) is 4.98 Å². The van der Waals surface area contributed by atoms with Crippen LogP contribution < -0.4 is 0 Å². The van der Waals surface area contributed by atoms with E-state index in [0.717, 1.165) is 12.1 Å². The summed E-state index contributed by atoms with van der Waals surface area (Å²) in [7, 11) is 0. The van der Waals surface area contributed by atoms with Gasteiger partial charge in [-0.3, -0.25) is 0 Å². The lowest BCUT2D eigenvalue weighted by molar-refractivity contribution is -0.137. The summed E-state index contributed by atoms with van der Waals surface area (Å²) in [5.74, 6) is 0. The second-order valence-electron chi connectivity index (χ2n) is 3.66. The summed E-state index contributed by atoms with van der Waals surface area (Å²) in [6.07, 6.45) is -2.71. The van der Waals surface area contributed by atoms with Gasteiger partial charge >= 0.3 is 6.18 Å². The molecule has 0 saturated carbocycles. The molecule has 1 heterocycles. The van der Waals surface area contributed by atoms with Gasteiger partial charge in [0.25, 0.3) is 0 Å². The highest BCUT2D eigenvalue weighted by Crippen LogP contribution is 2.34. The lowest BCUT2D eigenvalue weighted by atomic mass is 10.2. The topological polar surface area (TPSA) is 36.0 Å². The van der Waals surface area contributed by atoms with Crippen molar-refractivity contribution in [2.24, 2.45) is 0 Å². The second kappa shape index (κ2) is 5.07. The standard InChI is InChI=1S/C12H10F3NOS/c13-12(14,15)9-2-1-3-10(5-9)18-11-4-8(7-17)6-16-11/h1-6,16-17H,7H2. The molecule has 2 rings (SSSR count). The number of H-pyrrole nitrogens is 1. The zero-order valence-electron chi connectivity index (χ0n) is 9.16. The third-order valence-electron chi connectivity index (χ3n) is 2.29. The van der Waals surface area contributed by atoms with Crippen molar-refractivity contribution in [2.75, 3.05) is 0 Å². The number of aliphatic hydroxyl groups is 1. The SMILES string of the molecule is OCc1c[nH]c(Sc2cccc(C(F)(F)F)c2)c1. The van der Waals surface area contributed by atoms with Gasteiger partial charge in [0.1, 0.15) is 0 Å². The fourth-order valence-electron chi connectivity index (χ4n) is 1.43. The van der Waals surface area contributed by atoms with Crippen molar-refractivity contribution in [3.63, 3.8) is 0 Å². The molecule has 0 aliphatic heterocycles. The Morgan fingerprint density at radius 3 is 2.61 bits per heavy atom. The number of rotatable bonds is 3. The molecule has 0 bridgehead atoms. The first-order valence-corrected chi connectivity index (χ1v) is 5.94. The van der Waals surface area contributed by atoms with Gasteiger partial charge in [-0.1, -0.05) is 17.8 Å². The minimum absolute atomic E-state index is 0.0976. The van der Waals surface area contributed by atoms with Gasteiger partial charge in [-0.15, -0.1) is 0 Å². The third kappa shape index (κ3) is 3.08. The van der Waals surface area contributed by atoms with Crippen LogP contribution in [0, 0.1) is 0 Å². The van der Waals surface area contributed by atoms with Gasteiger partial charge in [0.2, 0.25) is 0 Å². The molecule has 0 unspecified atom stereocenters. The molecule has 0 fully saturated rings. The van der Waals surface area contributed by atoms with E-state index in [2.05, 4.69) is 4.98 Å². The van der Waals surface area contributed by atoms with E-state index in [1.54, 1.807) is 18.3 Å². The van der Waals surface area contributed by atoms with Crippen LogP contribution in [0.1, 0.15) is 11.1 Å². The molecule has 2 N–H and O–H groups in total. The number of nitrogens with one attached hydrogen (secondary N) is 1. The second-order valence-corrected chi connectivity index (χ2v) is 4.77. The summed E-state index contributed by atoms with van der Waals surface area (Å²) in [6, 6.07) is 6.83. The Kier molecular flexibility index (Phi) is 3.68. The Hall–Kier alpha value is -1.40. The quantitative estimate of drug-likeness (QED) is 0.895. The van der Waals surface area contributed by atoms with E-state index in [4.69, 9.17) is 5.11 Å². The lowest BCUT2D eigenvalue weighted by Crippen LogP contribution is -2.04. The van der Waals surface area contributed by atoms with Crippen LogP contribution in [0.15, 0.2) is 46.5 Å². The number of aromatic amines is 1. The zero-order valence-corrected chi connectivity index (χ0v) is 9.98. The molecule has 6 heteroatoms. The molecule has 0 atom stereocenters. The van der Waals surface area contributed by atoms with Crippen molar-refractivity contribution in [1.29, 1.82) is 0 Å². The normalized spacial score (nSPS) is 11.8. The van der Waals surface area contributed by atoms with E-state index in [1.165, 1.54) is 17.8 Å². The van der Waals surface area contributed by atoms with Crippen LogP contribution in [0.2, 0.25) is 0 Å². The highest BCUT2D eigenvalue weighted by molar-refractivity contribution is 7.99. The van der Waals surface area contributed by atoms with Crippen molar-refractivity contribution < 1.29 is 18.3 Å². The number of halogens is 3. The first-order valence-electron chi connectivity index (χ1n) is 5.12. The first-order chi connectivity index (χ1) is 8.49. The van der Waals surface area contributed by atoms with Crippen molar-refractivity contribution in [3.8, 4) is 0 Å². The Bertz CT molecular complexity index is 536. The number of hydrogen-bond acceptors (Lipinski definition) is 2. The first kappa shape index (κ1) is 13.0. The Morgan fingerprint density at radius 1 is 1.22 bits per heavy atom. The van der Waals surface area contributed by atoms with Crippen LogP contribution in [0.3, 0.4) is 0 Å². The summed E-state index contributed by atoms with van der Waals surface area (Å²) in [5, 5.41) is 9.58. The Morgan fingerprint density at radius 2 is 2.00 bits per heavy atom. The van der Waals surface area contributed by atoms with Crippen LogP contribution in [0.4, 0.5) is 13.2 Å². The summed E-state index contributed by atoms with van der Waals surface area (Å²) in [4.78, 5) is 3.38. The number of aromatic nitrogens is 1. The maximum atomic E-state index is 12.5. The molecule has 2 aromatic rings. The monoisotopic (exact) mass is 273 g/mol. The number of hydrogen-bond donors (Lipinski definition) is 2. The summed E-state index contributed by atoms with van der Waals surface area (Å²) in [6.45, 7) is -0.0976. The van der Waals surface area contributed by atoms with Crippen LogP contribution in [0.25, 0.3) is 0 Å². The maximum absolute atomic E-state index is 12.5. The predicted octanol–water partition coefficient (Wildman–Crippen LogP) is 3.68. The molecule has 0 radical (unpaired) electrons. The maximum Gasteiger partial charge on any atom is 0.416 e. The number of benzene rings is 1. The smallest absolute Gasteiger partial charge is 0.392 e. The van der Waals surface area contributed by atoms with E-state index in [1.807, 2.05) is 0 Å². The third-order valence-corrected chi connectivity index (χ3v) is 3.23. The van der Waals surface area contributed by atoms with Gasteiger partial charge in [0.05, 0.1) is 17.2 Å². The van der Waals surface area contributed by atoms with Gasteiger partial charge in [-0.05, 0) is 29.8 Å². The molecular weight excluding hydrogens is 263 g/mol. The van der Waals surface area contributed by atoms with E-state index in [9.17, 15) is 13.2 Å². The average Bonchev–Trinajstić information content (AvgIpc) is 2.76. The fraction of sp³-hybridized carbons (Fsp3) is 0.167. The van der Waals surface area contributed by atoms with E-state index < -0.39 is 11.7 Å². The van der Waals surface area contributed by atoms with Crippen LogP contribution in [0.5, 0.6) is 0 Å². The summed E-state index contributed by atoms with van der Waals surface area (Å²) >= 11 is 1.19. The molecule has 96 valence electrons. The van der Waals surface area contributed by atoms with Gasteiger partial charge in [-0.2, -0.15) is 13.2 Å². The highest BCUT2D eigenvalue weighted by atomic mass is 32.2. The van der Waals surface area contributed by atoms with Crippen molar-refractivity contribution in [3.05, 3.63) is 47.7 Å². The number of aliphatic hydroxyl groups excluding tert-OH is 1. The summed E-state index contributed by atoms with van der Waals surface area (Å²) < 4.78 is 37.5. The van der Waals surface area contributed by atoms with E-state index in [-0.39, 0.29) is 6.61 Å². The van der Waals surface area contributed by atoms with Gasteiger partial charge in [-0.25, -0.2) is 0 Å². The van der Waals surface area contributed by atoms with Gasteiger partial charge in [0, 0.05) is 11.1 Å². The molecule has 18 heavy (non-hydrogen) atoms. The summed E-state index contributed by atoms with van der Waals surface area (Å²) in [5.41, 5.74) is 0.0333. The molecule has 1 aromatic carbocycles. The van der Waals surface area contributed by atoms with Crippen LogP contribution in [-0.4, -0.2) is 10.1 Å². The average molecular weight is 273 g/mol. The predicted molar refractivity (Wildman–Crippen MR) is 62.3 cm³/mol. The minimum atomic E-state index is -4.33. The zero-order chi connectivity index (χ0) is 13.2. The van der Waals surface area contributed by atoms with Crippen LogP contribution in [-0.2, 0) is 12.8 Å². The van der Waals surface area contributed by atoms with E-state index in [0.29, 0.717) is 15.5 Å². The van der Waals surface area contributed by atoms with Crippen molar-refractivity contribution in [2.45, 2.75) is 22.7 Å². The Labute approximate surface area is 106 Å². The molecule has 0 saturated heterocycles. The molecule has 0 aliphatic rings. The van der Waals surface area contributed by atoms with Crippen LogP contribution >= 0.6 is 11.8 Å². The minimum Gasteiger partial charge on any atom is -0.392 e. The van der Waals surface area contributed by atoms with E-state index >= 15 is 0 Å². The molecule has 2 nitrogen and oxygen atoms in total. The number of alkyl halides is 3. The molecule has 0 amide bonds. The molecule has 0 spiro atoms. The largest absolute Gasteiger partial charge is 0.416 e. The molecule has 0 aliphatic carbocycles. The van der Waals surface area contributed by atoms with Crippen molar-refractivity contribution >= 4 is 11.8 Å². The Balaban J connectivity index is 2.19. The van der Waals surface area contributed by atoms with Gasteiger partial charge in [0.15, 0.2) is 0 Å². The van der Waals surface area contributed by atoms with Gasteiger partial charge < -0.3 is 10.1 Å². The fourth-order valence-corrected chi connectivity index (χ4v) is 2.34. The molecule has 1 aromatic heterocycles. The lowest BCUT2D eigenvalue weighted by Gasteiger charge is -2.07.